The fourth-order valence-corrected chi connectivity index (χ4v) is 0. The second-order valence-corrected chi connectivity index (χ2v) is 1.63. The average molecular weight is 227 g/mol. The van der Waals surface area contributed by atoms with Crippen molar-refractivity contribution in [2.24, 2.45) is 5.34 Å². The first-order chi connectivity index (χ1) is 3.41. The summed E-state index contributed by atoms with van der Waals surface area (Å²) >= 11 is -5.62. The Hall–Kier alpha value is 1.92. The zero-order valence-electron chi connectivity index (χ0n) is 5.27. The van der Waals surface area contributed by atoms with Gasteiger partial charge in [-0.2, -0.15) is 0 Å². The minimum atomic E-state index is -5.62. The van der Waals surface area contributed by atoms with Gasteiger partial charge < -0.3 is 10.1 Å². The summed E-state index contributed by atoms with van der Waals surface area (Å²) in [7, 11) is 0. The molecule has 7 nitrogen and oxygen atoms in total. The Labute approximate surface area is 122 Å². The van der Waals surface area contributed by atoms with Gasteiger partial charge in [-0.3, -0.25) is 0 Å². The fraction of sp³-hybridized carbons (Fsp3) is 0. The zero-order chi connectivity index (χ0) is 7.21. The van der Waals surface area contributed by atoms with Crippen molar-refractivity contribution >= 4 is 0 Å². The number of hydrogen-bond acceptors (Lipinski definition) is 7. The van der Waals surface area contributed by atoms with Gasteiger partial charge >= 0.3 is 110 Å². The van der Waals surface area contributed by atoms with E-state index in [0.717, 1.165) is 5.34 Å². The second-order valence-electron chi connectivity index (χ2n) is 0.453. The van der Waals surface area contributed by atoms with Crippen molar-refractivity contribution in [1.29, 1.82) is 0 Å². The molecule has 0 heterocycles. The van der Waals surface area contributed by atoms with Crippen LogP contribution in [0.25, 0.3) is 0 Å². The molecule has 10 heteroatoms. The van der Waals surface area contributed by atoms with Gasteiger partial charge in [-0.05, 0) is 0 Å². The molecule has 0 radical (unpaired) electrons. The maximum absolute atomic E-state index is 8.58. The van der Waals surface area contributed by atoms with Crippen LogP contribution < -0.4 is 85.1 Å². The van der Waals surface area contributed by atoms with Gasteiger partial charge in [0.15, 0.2) is 0 Å². The van der Waals surface area contributed by atoms with Gasteiger partial charge in [0.05, 0.1) is 0 Å². The molecule has 0 fully saturated rings. The van der Waals surface area contributed by atoms with Crippen LogP contribution in [-0.2, 0) is 24.5 Å². The third-order valence-electron chi connectivity index (χ3n) is 0. The molecule has 0 aromatic heterocycles. The molecule has 0 aromatic rings. The summed E-state index contributed by atoms with van der Waals surface area (Å²) in [6.45, 7) is 0. The molecule has 0 rings (SSSR count). The van der Waals surface area contributed by atoms with Gasteiger partial charge in [0.2, 0.25) is 0 Å². The summed E-state index contributed by atoms with van der Waals surface area (Å²) in [6, 6.07) is 0. The Morgan fingerprint density at radius 2 is 1.20 bits per heavy atom. The van der Waals surface area contributed by atoms with Gasteiger partial charge in [-0.15, -0.1) is 5.34 Å². The van der Waals surface area contributed by atoms with E-state index in [-0.39, 0.29) is 80.9 Å². The van der Waals surface area contributed by atoms with Crippen LogP contribution in [-0.4, -0.2) is 0 Å². The molecule has 50 valence electrons. The van der Waals surface area contributed by atoms with E-state index in [4.69, 9.17) is 25.8 Å². The summed E-state index contributed by atoms with van der Waals surface area (Å²) in [5, 5.41) is 9.00. The van der Waals surface area contributed by atoms with Gasteiger partial charge in [0.1, 0.15) is 0 Å². The van der Waals surface area contributed by atoms with E-state index in [0.29, 0.717) is 0 Å². The summed E-state index contributed by atoms with van der Waals surface area (Å²) in [5.41, 5.74) is 0. The number of nitrogens with zero attached hydrogens (tertiary/aromatic N) is 1. The molecule has 0 saturated carbocycles. The Bertz CT molecular complexity index is 173. The molecule has 0 amide bonds. The van der Waals surface area contributed by atoms with Crippen LogP contribution in [0.15, 0.2) is 5.34 Å². The second kappa shape index (κ2) is 13.5. The third-order valence-corrected chi connectivity index (χ3v) is 0. The normalized spacial score (nSPS) is 6.90. The van der Waals surface area contributed by atoms with E-state index in [1.54, 1.807) is 0 Å². The Morgan fingerprint density at radius 1 is 1.20 bits per heavy atom. The predicted octanol–water partition coefficient (Wildman–Crippen LogP) is -7.29. The molecule has 0 bridgehead atoms. The summed E-state index contributed by atoms with van der Waals surface area (Å²) in [4.78, 5) is 8.00. The van der Waals surface area contributed by atoms with Crippen molar-refractivity contribution in [2.75, 3.05) is 0 Å². The van der Waals surface area contributed by atoms with Crippen LogP contribution in [0, 0.1) is 10.1 Å². The number of rotatable bonds is 0. The molecule has 0 atom stereocenters. The molecule has 0 N–H and O–H groups in total. The Morgan fingerprint density at radius 3 is 1.20 bits per heavy atom. The minimum absolute atomic E-state index is 0. The standard InChI is InChI=1S/K.Mn.HNO2.Na.4O/c;;2-1-3;;;;;/h;;(H,2,3);;;;;/q+1;;;+1;;;;-1/p-1. The van der Waals surface area contributed by atoms with E-state index in [1.165, 1.54) is 0 Å². The first-order valence-corrected chi connectivity index (χ1v) is 2.91. The maximum atomic E-state index is 8.58. The Kier molecular flexibility index (Phi) is 30.6. The van der Waals surface area contributed by atoms with Crippen molar-refractivity contribution in [1.82, 2.24) is 0 Å². The first-order valence-electron chi connectivity index (χ1n) is 0.982. The molecular formula is KMnNNaO6. The third kappa shape index (κ3) is 215. The summed E-state index contributed by atoms with van der Waals surface area (Å²) in [6.07, 6.45) is 0. The van der Waals surface area contributed by atoms with Crippen molar-refractivity contribution in [3.05, 3.63) is 10.1 Å². The molecule has 10 heavy (non-hydrogen) atoms. The van der Waals surface area contributed by atoms with Gasteiger partial charge in [-0.1, -0.05) is 0 Å². The van der Waals surface area contributed by atoms with Crippen molar-refractivity contribution in [2.45, 2.75) is 0 Å². The quantitative estimate of drug-likeness (QED) is 0.230. The summed E-state index contributed by atoms with van der Waals surface area (Å²) < 4.78 is 34.3. The zero-order valence-corrected chi connectivity index (χ0v) is 11.6. The monoisotopic (exact) mass is 227 g/mol. The average Bonchev–Trinajstić information content (AvgIpc) is 1.27. The molecule has 0 aliphatic carbocycles. The molecule has 0 spiro atoms. The molecule has 0 unspecified atom stereocenters. The van der Waals surface area contributed by atoms with Crippen molar-refractivity contribution in [3.63, 3.8) is 0 Å². The van der Waals surface area contributed by atoms with Gasteiger partial charge in [0.25, 0.3) is 0 Å². The molecule has 0 aliphatic heterocycles. The van der Waals surface area contributed by atoms with E-state index in [9.17, 15) is 0 Å². The van der Waals surface area contributed by atoms with E-state index < -0.39 is 13.0 Å². The predicted molar refractivity (Wildman–Crippen MR) is 11.2 cm³/mol. The molecule has 0 aliphatic rings. The van der Waals surface area contributed by atoms with E-state index >= 15 is 0 Å². The molecule has 0 saturated heterocycles. The van der Waals surface area contributed by atoms with Gasteiger partial charge in [-0.25, -0.2) is 0 Å². The van der Waals surface area contributed by atoms with Crippen LogP contribution in [0.4, 0.5) is 0 Å². The topological polar surface area (TPSA) is 127 Å². The van der Waals surface area contributed by atoms with E-state index in [2.05, 4.69) is 0 Å². The van der Waals surface area contributed by atoms with Crippen LogP contribution >= 0.6 is 0 Å². The fourth-order valence-electron chi connectivity index (χ4n) is 0. The van der Waals surface area contributed by atoms with Crippen LogP contribution in [0.1, 0.15) is 0 Å². The van der Waals surface area contributed by atoms with Gasteiger partial charge in [0, 0.05) is 0 Å². The van der Waals surface area contributed by atoms with Crippen LogP contribution in [0.2, 0.25) is 0 Å². The van der Waals surface area contributed by atoms with Crippen LogP contribution in [0.3, 0.4) is 0 Å². The summed E-state index contributed by atoms with van der Waals surface area (Å²) in [5.74, 6) is 0. The van der Waals surface area contributed by atoms with Crippen LogP contribution in [0.5, 0.6) is 0 Å². The number of hydrogen-bond donors (Lipinski definition) is 0. The SMILES string of the molecule is O=N[O-].[K+].[Na+].[O]=[Mn](=[O])(=[O])[O-]. The van der Waals surface area contributed by atoms with Crippen molar-refractivity contribution < 1.29 is 110 Å². The Balaban J connectivity index is -0.0000000326. The molecular weight excluding hydrogens is 227 g/mol. The van der Waals surface area contributed by atoms with E-state index in [1.807, 2.05) is 0 Å². The first kappa shape index (κ1) is 22.7. The van der Waals surface area contributed by atoms with Crippen molar-refractivity contribution in [3.8, 4) is 0 Å². The molecule has 0 aromatic carbocycles.